The molecule has 0 bridgehead atoms. The zero-order valence-electron chi connectivity index (χ0n) is 16.8. The van der Waals surface area contributed by atoms with Crippen molar-refractivity contribution in [1.82, 2.24) is 10.2 Å². The summed E-state index contributed by atoms with van der Waals surface area (Å²) in [6.45, 7) is 3.90. The lowest BCUT2D eigenvalue weighted by atomic mass is 10.0. The number of aryl methyl sites for hydroxylation is 2. The maximum Gasteiger partial charge on any atom is 0.349 e. The van der Waals surface area contributed by atoms with Gasteiger partial charge in [0.25, 0.3) is 5.91 Å². The fourth-order valence-corrected chi connectivity index (χ4v) is 3.54. The van der Waals surface area contributed by atoms with E-state index in [1.807, 2.05) is 62.4 Å². The van der Waals surface area contributed by atoms with Crippen LogP contribution in [0.15, 0.2) is 74.3 Å². The predicted molar refractivity (Wildman–Crippen MR) is 117 cm³/mol. The Hall–Kier alpha value is -4.26. The van der Waals surface area contributed by atoms with Crippen molar-refractivity contribution in [3.63, 3.8) is 0 Å². The van der Waals surface area contributed by atoms with Crippen LogP contribution in [-0.2, 0) is 0 Å². The van der Waals surface area contributed by atoms with Gasteiger partial charge in [-0.15, -0.1) is 5.10 Å². The van der Waals surface area contributed by atoms with Crippen LogP contribution in [0.1, 0.15) is 21.5 Å². The molecule has 1 amide bonds. The lowest BCUT2D eigenvalue weighted by Crippen LogP contribution is -2.20. The molecule has 2 heterocycles. The summed E-state index contributed by atoms with van der Waals surface area (Å²) < 4.78 is 11.0. The van der Waals surface area contributed by atoms with Crippen LogP contribution in [0.2, 0.25) is 0 Å². The average molecular weight is 411 g/mol. The molecular weight excluding hydrogens is 394 g/mol. The van der Waals surface area contributed by atoms with Gasteiger partial charge in [-0.25, -0.2) is 4.79 Å². The molecule has 0 fully saturated rings. The van der Waals surface area contributed by atoms with Crippen LogP contribution in [0.3, 0.4) is 0 Å². The average Bonchev–Trinajstić information content (AvgIpc) is 3.23. The first-order chi connectivity index (χ1) is 15.0. The van der Waals surface area contributed by atoms with Crippen LogP contribution in [0, 0.1) is 13.8 Å². The number of nitrogens with zero attached hydrogens (tertiary/aromatic N) is 2. The molecule has 5 aromatic rings. The van der Waals surface area contributed by atoms with E-state index >= 15 is 0 Å². The molecule has 7 heteroatoms. The minimum Gasteiger partial charge on any atom is -0.422 e. The van der Waals surface area contributed by atoms with Gasteiger partial charge in [-0.1, -0.05) is 53.1 Å². The first kappa shape index (κ1) is 18.7. The van der Waals surface area contributed by atoms with Crippen LogP contribution in [0.25, 0.3) is 33.2 Å². The van der Waals surface area contributed by atoms with Crippen molar-refractivity contribution < 1.29 is 13.6 Å². The summed E-state index contributed by atoms with van der Waals surface area (Å²) in [6.07, 6.45) is 0. The van der Waals surface area contributed by atoms with Gasteiger partial charge in [-0.3, -0.25) is 10.1 Å². The highest BCUT2D eigenvalue weighted by molar-refractivity contribution is 6.10. The third-order valence-corrected chi connectivity index (χ3v) is 5.16. The number of carbonyl (C=O) groups is 1. The van der Waals surface area contributed by atoms with E-state index in [4.69, 9.17) is 8.83 Å². The van der Waals surface area contributed by atoms with E-state index in [9.17, 15) is 9.59 Å². The fourth-order valence-electron chi connectivity index (χ4n) is 3.54. The van der Waals surface area contributed by atoms with Gasteiger partial charge in [0.1, 0.15) is 11.1 Å². The van der Waals surface area contributed by atoms with E-state index in [2.05, 4.69) is 15.5 Å². The molecule has 152 valence electrons. The summed E-state index contributed by atoms with van der Waals surface area (Å²) in [5.41, 5.74) is 2.32. The summed E-state index contributed by atoms with van der Waals surface area (Å²) in [5.74, 6) is -0.396. The Labute approximate surface area is 176 Å². The van der Waals surface area contributed by atoms with E-state index in [0.29, 0.717) is 11.0 Å². The molecular formula is C24H17N3O4. The first-order valence-corrected chi connectivity index (χ1v) is 9.68. The van der Waals surface area contributed by atoms with Gasteiger partial charge in [0.2, 0.25) is 5.89 Å². The van der Waals surface area contributed by atoms with Crippen LogP contribution < -0.4 is 10.9 Å². The highest BCUT2D eigenvalue weighted by Crippen LogP contribution is 2.26. The zero-order chi connectivity index (χ0) is 21.5. The van der Waals surface area contributed by atoms with Gasteiger partial charge in [0, 0.05) is 10.9 Å². The molecule has 3 aromatic carbocycles. The Kier molecular flexibility index (Phi) is 4.36. The summed E-state index contributed by atoms with van der Waals surface area (Å²) in [7, 11) is 0. The minimum absolute atomic E-state index is 0.0988. The van der Waals surface area contributed by atoms with E-state index in [0.717, 1.165) is 27.5 Å². The zero-order valence-corrected chi connectivity index (χ0v) is 16.8. The number of fused-ring (bicyclic) bond motifs is 3. The predicted octanol–water partition coefficient (Wildman–Crippen LogP) is 4.87. The second kappa shape index (κ2) is 7.21. The van der Waals surface area contributed by atoms with Crippen LogP contribution in [0.5, 0.6) is 0 Å². The second-order valence-electron chi connectivity index (χ2n) is 7.33. The second-order valence-corrected chi connectivity index (χ2v) is 7.33. The number of aromatic nitrogens is 2. The fraction of sp³-hybridized carbons (Fsp3) is 0.0833. The molecule has 31 heavy (non-hydrogen) atoms. The van der Waals surface area contributed by atoms with Gasteiger partial charge in [-0.05, 0) is 48.4 Å². The molecule has 0 spiro atoms. The number of rotatable bonds is 3. The molecule has 2 aromatic heterocycles. The largest absolute Gasteiger partial charge is 0.422 e. The van der Waals surface area contributed by atoms with Crippen molar-refractivity contribution in [2.24, 2.45) is 0 Å². The maximum absolute atomic E-state index is 12.8. The van der Waals surface area contributed by atoms with Crippen molar-refractivity contribution in [1.29, 1.82) is 0 Å². The normalized spacial score (nSPS) is 11.2. The molecule has 0 aliphatic carbocycles. The van der Waals surface area contributed by atoms with Gasteiger partial charge in [0.05, 0.1) is 0 Å². The number of hydrogen-bond donors (Lipinski definition) is 1. The lowest BCUT2D eigenvalue weighted by Gasteiger charge is -2.05. The van der Waals surface area contributed by atoms with E-state index in [-0.39, 0.29) is 17.5 Å². The molecule has 0 saturated carbocycles. The molecule has 1 N–H and O–H groups in total. The lowest BCUT2D eigenvalue weighted by molar-refractivity contribution is 0.102. The summed E-state index contributed by atoms with van der Waals surface area (Å²) >= 11 is 0. The Morgan fingerprint density at radius 1 is 0.903 bits per heavy atom. The molecule has 0 aliphatic rings. The highest BCUT2D eigenvalue weighted by Gasteiger charge is 2.18. The summed E-state index contributed by atoms with van der Waals surface area (Å²) in [6, 6.07) is 18.6. The number of anilines is 1. The molecule has 7 nitrogen and oxygen atoms in total. The maximum atomic E-state index is 12.8. The van der Waals surface area contributed by atoms with Crippen molar-refractivity contribution >= 4 is 33.7 Å². The molecule has 0 saturated heterocycles. The topological polar surface area (TPSA) is 98.2 Å². The van der Waals surface area contributed by atoms with Crippen LogP contribution in [-0.4, -0.2) is 16.1 Å². The van der Waals surface area contributed by atoms with Crippen molar-refractivity contribution in [3.05, 3.63) is 87.8 Å². The van der Waals surface area contributed by atoms with Crippen molar-refractivity contribution in [2.45, 2.75) is 13.8 Å². The molecule has 5 rings (SSSR count). The number of amides is 1. The molecule has 0 atom stereocenters. The van der Waals surface area contributed by atoms with Gasteiger partial charge in [-0.2, -0.15) is 0 Å². The number of hydrogen-bond acceptors (Lipinski definition) is 6. The Morgan fingerprint density at radius 2 is 1.74 bits per heavy atom. The highest BCUT2D eigenvalue weighted by atomic mass is 16.4. The monoisotopic (exact) mass is 411 g/mol. The quantitative estimate of drug-likeness (QED) is 0.336. The van der Waals surface area contributed by atoms with E-state index in [1.54, 1.807) is 6.07 Å². The third kappa shape index (κ3) is 3.36. The Balaban J connectivity index is 1.50. The third-order valence-electron chi connectivity index (χ3n) is 5.16. The van der Waals surface area contributed by atoms with Crippen LogP contribution >= 0.6 is 0 Å². The summed E-state index contributed by atoms with van der Waals surface area (Å²) in [4.78, 5) is 25.2. The molecule has 0 unspecified atom stereocenters. The summed E-state index contributed by atoms with van der Waals surface area (Å²) in [5, 5.41) is 12.9. The standard InChI is InChI=1S/C24H17N3O4/c1-13-7-8-14(2)17(11-13)22-26-27-24(31-22)25-21(28)19-12-18-16-6-4-3-5-15(16)9-10-20(18)30-23(19)29/h3-12H,1-2H3,(H,25,27,28). The van der Waals surface area contributed by atoms with Gasteiger partial charge in [0.15, 0.2) is 0 Å². The Bertz CT molecular complexity index is 1530. The van der Waals surface area contributed by atoms with E-state index in [1.165, 1.54) is 6.07 Å². The SMILES string of the molecule is Cc1ccc(C)c(-c2nnc(NC(=O)c3cc4c(ccc5ccccc54)oc3=O)o2)c1. The number of nitrogens with one attached hydrogen (secondary N) is 1. The first-order valence-electron chi connectivity index (χ1n) is 9.68. The molecule has 0 radical (unpaired) electrons. The Morgan fingerprint density at radius 3 is 2.61 bits per heavy atom. The van der Waals surface area contributed by atoms with E-state index < -0.39 is 11.5 Å². The van der Waals surface area contributed by atoms with Gasteiger partial charge >= 0.3 is 11.6 Å². The smallest absolute Gasteiger partial charge is 0.349 e. The van der Waals surface area contributed by atoms with Gasteiger partial charge < -0.3 is 8.83 Å². The minimum atomic E-state index is -0.741. The van der Waals surface area contributed by atoms with Crippen molar-refractivity contribution in [2.75, 3.05) is 5.32 Å². The number of carbonyl (C=O) groups excluding carboxylic acids is 1. The molecule has 0 aliphatic heterocycles. The number of benzene rings is 3. The van der Waals surface area contributed by atoms with Crippen LogP contribution in [0.4, 0.5) is 6.01 Å². The van der Waals surface area contributed by atoms with Crippen molar-refractivity contribution in [3.8, 4) is 11.5 Å².